The number of aromatic nitrogens is 2. The molecule has 108 valence electrons. The molecular weight excluding hydrogens is 268 g/mol. The Balaban J connectivity index is 2.15. The van der Waals surface area contributed by atoms with E-state index in [2.05, 4.69) is 37.3 Å². The Labute approximate surface area is 126 Å². The number of alkyl halides is 1. The SMILES string of the molecule is CCCC(CCC)C(Cl)c1cnn(-c2ccccc2)c1. The number of hydrogen-bond acceptors (Lipinski definition) is 1. The van der Waals surface area contributed by atoms with Gasteiger partial charge in [0.15, 0.2) is 0 Å². The van der Waals surface area contributed by atoms with Gasteiger partial charge in [0.25, 0.3) is 0 Å². The molecule has 1 aromatic heterocycles. The molecule has 0 spiro atoms. The molecule has 2 aromatic rings. The molecule has 3 heteroatoms. The van der Waals surface area contributed by atoms with Crippen molar-refractivity contribution in [1.29, 1.82) is 0 Å². The smallest absolute Gasteiger partial charge is 0.0645 e. The van der Waals surface area contributed by atoms with Crippen molar-refractivity contribution in [2.24, 2.45) is 5.92 Å². The lowest BCUT2D eigenvalue weighted by molar-refractivity contribution is 0.426. The van der Waals surface area contributed by atoms with Gasteiger partial charge in [-0.15, -0.1) is 11.6 Å². The van der Waals surface area contributed by atoms with Crippen LogP contribution in [0.15, 0.2) is 42.7 Å². The maximum atomic E-state index is 6.68. The molecule has 1 atom stereocenters. The van der Waals surface area contributed by atoms with Crippen molar-refractivity contribution in [3.8, 4) is 5.69 Å². The van der Waals surface area contributed by atoms with Gasteiger partial charge in [-0.1, -0.05) is 44.9 Å². The first-order chi connectivity index (χ1) is 9.76. The fourth-order valence-corrected chi connectivity index (χ4v) is 3.02. The predicted octanol–water partition coefficient (Wildman–Crippen LogP) is 5.37. The molecule has 0 radical (unpaired) electrons. The average Bonchev–Trinajstić information content (AvgIpc) is 2.97. The van der Waals surface area contributed by atoms with E-state index in [9.17, 15) is 0 Å². The summed E-state index contributed by atoms with van der Waals surface area (Å²) in [6.07, 6.45) is 8.69. The van der Waals surface area contributed by atoms with Gasteiger partial charge in [-0.2, -0.15) is 5.10 Å². The third-order valence-corrected chi connectivity index (χ3v) is 4.28. The van der Waals surface area contributed by atoms with Crippen molar-refractivity contribution >= 4 is 11.6 Å². The van der Waals surface area contributed by atoms with Gasteiger partial charge in [-0.25, -0.2) is 4.68 Å². The maximum absolute atomic E-state index is 6.68. The Morgan fingerprint density at radius 3 is 2.35 bits per heavy atom. The van der Waals surface area contributed by atoms with Crippen LogP contribution in [-0.2, 0) is 0 Å². The molecule has 20 heavy (non-hydrogen) atoms. The summed E-state index contributed by atoms with van der Waals surface area (Å²) in [5.74, 6) is 0.542. The summed E-state index contributed by atoms with van der Waals surface area (Å²) in [6.45, 7) is 4.44. The van der Waals surface area contributed by atoms with Crippen molar-refractivity contribution in [2.45, 2.75) is 44.9 Å². The second-order valence-corrected chi connectivity index (χ2v) is 5.76. The van der Waals surface area contributed by atoms with Crippen LogP contribution >= 0.6 is 11.6 Å². The molecule has 0 saturated heterocycles. The van der Waals surface area contributed by atoms with E-state index >= 15 is 0 Å². The molecular formula is C17H23ClN2. The molecule has 0 aliphatic heterocycles. The van der Waals surface area contributed by atoms with Crippen molar-refractivity contribution < 1.29 is 0 Å². The van der Waals surface area contributed by atoms with E-state index in [0.717, 1.165) is 11.3 Å². The van der Waals surface area contributed by atoms with Gasteiger partial charge in [-0.3, -0.25) is 0 Å². The van der Waals surface area contributed by atoms with E-state index in [1.807, 2.05) is 29.1 Å². The highest BCUT2D eigenvalue weighted by Crippen LogP contribution is 2.35. The largest absolute Gasteiger partial charge is 0.241 e. The Morgan fingerprint density at radius 2 is 1.75 bits per heavy atom. The summed E-state index contributed by atoms with van der Waals surface area (Å²) >= 11 is 6.68. The summed E-state index contributed by atoms with van der Waals surface area (Å²) in [4.78, 5) is 0. The van der Waals surface area contributed by atoms with Crippen LogP contribution in [0.4, 0.5) is 0 Å². The highest BCUT2D eigenvalue weighted by molar-refractivity contribution is 6.20. The molecule has 0 N–H and O–H groups in total. The van der Waals surface area contributed by atoms with Crippen LogP contribution in [0.1, 0.15) is 50.5 Å². The first kappa shape index (κ1) is 15.1. The highest BCUT2D eigenvalue weighted by Gasteiger charge is 2.21. The summed E-state index contributed by atoms with van der Waals surface area (Å²) < 4.78 is 1.90. The van der Waals surface area contributed by atoms with Gasteiger partial charge >= 0.3 is 0 Å². The lowest BCUT2D eigenvalue weighted by atomic mass is 9.92. The average molecular weight is 291 g/mol. The van der Waals surface area contributed by atoms with Crippen molar-refractivity contribution in [3.05, 3.63) is 48.3 Å². The fraction of sp³-hybridized carbons (Fsp3) is 0.471. The summed E-state index contributed by atoms with van der Waals surface area (Å²) in [5, 5.41) is 4.50. The van der Waals surface area contributed by atoms with Crippen LogP contribution in [-0.4, -0.2) is 9.78 Å². The zero-order chi connectivity index (χ0) is 14.4. The Hall–Kier alpha value is -1.28. The normalized spacial score (nSPS) is 12.8. The van der Waals surface area contributed by atoms with E-state index in [-0.39, 0.29) is 5.38 Å². The minimum Gasteiger partial charge on any atom is -0.241 e. The van der Waals surface area contributed by atoms with Crippen LogP contribution in [0.5, 0.6) is 0 Å². The van der Waals surface area contributed by atoms with Crippen molar-refractivity contribution in [3.63, 3.8) is 0 Å². The number of para-hydroxylation sites is 1. The van der Waals surface area contributed by atoms with Crippen LogP contribution in [0, 0.1) is 5.92 Å². The standard InChI is InChI=1S/C17H23ClN2/c1-3-8-14(9-4-2)17(18)15-12-19-20(13-15)16-10-6-5-7-11-16/h5-7,10-14,17H,3-4,8-9H2,1-2H3. The van der Waals surface area contributed by atoms with E-state index in [4.69, 9.17) is 11.6 Å². The van der Waals surface area contributed by atoms with E-state index in [0.29, 0.717) is 5.92 Å². The topological polar surface area (TPSA) is 17.8 Å². The Kier molecular flexibility index (Phi) is 5.66. The maximum Gasteiger partial charge on any atom is 0.0645 e. The van der Waals surface area contributed by atoms with E-state index in [1.165, 1.54) is 25.7 Å². The number of nitrogens with zero attached hydrogens (tertiary/aromatic N) is 2. The van der Waals surface area contributed by atoms with Gasteiger partial charge in [0.1, 0.15) is 0 Å². The van der Waals surface area contributed by atoms with Crippen molar-refractivity contribution in [2.75, 3.05) is 0 Å². The molecule has 0 saturated carbocycles. The van der Waals surface area contributed by atoms with Gasteiger partial charge in [-0.05, 0) is 30.9 Å². The zero-order valence-electron chi connectivity index (χ0n) is 12.3. The first-order valence-electron chi connectivity index (χ1n) is 7.50. The van der Waals surface area contributed by atoms with Crippen molar-refractivity contribution in [1.82, 2.24) is 9.78 Å². The third kappa shape index (κ3) is 3.63. The van der Waals surface area contributed by atoms with Gasteiger partial charge < -0.3 is 0 Å². The van der Waals surface area contributed by atoms with Crippen LogP contribution in [0.2, 0.25) is 0 Å². The molecule has 0 aliphatic rings. The van der Waals surface area contributed by atoms with Crippen LogP contribution in [0.3, 0.4) is 0 Å². The second-order valence-electron chi connectivity index (χ2n) is 5.29. The molecule has 2 nitrogen and oxygen atoms in total. The third-order valence-electron chi connectivity index (χ3n) is 3.67. The summed E-state index contributed by atoms with van der Waals surface area (Å²) in [5.41, 5.74) is 2.20. The molecule has 0 fully saturated rings. The van der Waals surface area contributed by atoms with Crippen LogP contribution < -0.4 is 0 Å². The predicted molar refractivity (Wildman–Crippen MR) is 85.5 cm³/mol. The lowest BCUT2D eigenvalue weighted by Gasteiger charge is -2.20. The fourth-order valence-electron chi connectivity index (χ4n) is 2.65. The lowest BCUT2D eigenvalue weighted by Crippen LogP contribution is -2.07. The molecule has 2 rings (SSSR count). The number of rotatable bonds is 7. The van der Waals surface area contributed by atoms with E-state index in [1.54, 1.807) is 0 Å². The molecule has 1 aromatic carbocycles. The Morgan fingerprint density at radius 1 is 1.10 bits per heavy atom. The molecule has 0 bridgehead atoms. The van der Waals surface area contributed by atoms with Gasteiger partial charge in [0.2, 0.25) is 0 Å². The zero-order valence-corrected chi connectivity index (χ0v) is 13.1. The minimum absolute atomic E-state index is 0.0624. The minimum atomic E-state index is 0.0624. The Bertz CT molecular complexity index is 501. The summed E-state index contributed by atoms with van der Waals surface area (Å²) in [6, 6.07) is 10.2. The van der Waals surface area contributed by atoms with Gasteiger partial charge in [0, 0.05) is 11.8 Å². The molecule has 0 amide bonds. The second kappa shape index (κ2) is 7.49. The monoisotopic (exact) mass is 290 g/mol. The van der Waals surface area contributed by atoms with Gasteiger partial charge in [0.05, 0.1) is 17.3 Å². The number of halogens is 1. The molecule has 0 aliphatic carbocycles. The first-order valence-corrected chi connectivity index (χ1v) is 7.94. The molecule has 1 unspecified atom stereocenters. The van der Waals surface area contributed by atoms with Crippen LogP contribution in [0.25, 0.3) is 5.69 Å². The number of hydrogen-bond donors (Lipinski definition) is 0. The highest BCUT2D eigenvalue weighted by atomic mass is 35.5. The number of benzene rings is 1. The summed E-state index contributed by atoms with van der Waals surface area (Å²) in [7, 11) is 0. The van der Waals surface area contributed by atoms with E-state index < -0.39 is 0 Å². The quantitative estimate of drug-likeness (QED) is 0.627. The molecule has 1 heterocycles.